The van der Waals surface area contributed by atoms with Gasteiger partial charge in [0.15, 0.2) is 0 Å². The van der Waals surface area contributed by atoms with E-state index < -0.39 is 0 Å². The zero-order chi connectivity index (χ0) is 12.3. The number of pyridine rings is 1. The quantitative estimate of drug-likeness (QED) is 0.628. The molecule has 0 aliphatic carbocycles. The molecule has 1 aromatic heterocycles. The molecule has 2 aromatic rings. The van der Waals surface area contributed by atoms with Crippen molar-refractivity contribution in [2.45, 2.75) is 13.0 Å². The fourth-order valence-electron chi connectivity index (χ4n) is 1.81. The van der Waals surface area contributed by atoms with Crippen LogP contribution in [0, 0.1) is 12.7 Å². The van der Waals surface area contributed by atoms with Crippen LogP contribution in [0.5, 0.6) is 0 Å². The molecule has 0 aliphatic rings. The fraction of sp³-hybridized carbons (Fsp3) is 0.154. The van der Waals surface area contributed by atoms with Gasteiger partial charge >= 0.3 is 0 Å². The second kappa shape index (κ2) is 5.03. The van der Waals surface area contributed by atoms with Crippen molar-refractivity contribution in [2.24, 2.45) is 5.84 Å². The summed E-state index contributed by atoms with van der Waals surface area (Å²) in [5.74, 6) is 5.23. The molecule has 0 radical (unpaired) electrons. The summed E-state index contributed by atoms with van der Waals surface area (Å²) in [6.07, 6.45) is 3.43. The highest BCUT2D eigenvalue weighted by molar-refractivity contribution is 5.32. The second-order valence-electron chi connectivity index (χ2n) is 3.92. The molecule has 0 bridgehead atoms. The van der Waals surface area contributed by atoms with Crippen molar-refractivity contribution in [1.82, 2.24) is 10.4 Å². The first-order valence-corrected chi connectivity index (χ1v) is 5.34. The second-order valence-corrected chi connectivity index (χ2v) is 3.92. The molecule has 17 heavy (non-hydrogen) atoms. The molecule has 1 unspecified atom stereocenters. The maximum Gasteiger partial charge on any atom is 0.128 e. The highest BCUT2D eigenvalue weighted by atomic mass is 19.1. The van der Waals surface area contributed by atoms with Gasteiger partial charge in [0.2, 0.25) is 0 Å². The van der Waals surface area contributed by atoms with Gasteiger partial charge in [0, 0.05) is 18.0 Å². The third-order valence-corrected chi connectivity index (χ3v) is 2.61. The van der Waals surface area contributed by atoms with E-state index in [0.717, 1.165) is 11.1 Å². The molecule has 0 saturated heterocycles. The molecule has 3 N–H and O–H groups in total. The molecule has 3 nitrogen and oxygen atoms in total. The van der Waals surface area contributed by atoms with E-state index >= 15 is 0 Å². The number of aryl methyl sites for hydroxylation is 1. The molecule has 2 rings (SSSR count). The highest BCUT2D eigenvalue weighted by Gasteiger charge is 2.16. The van der Waals surface area contributed by atoms with Crippen molar-refractivity contribution >= 4 is 0 Å². The number of benzene rings is 1. The Bertz CT molecular complexity index is 514. The Balaban J connectivity index is 2.44. The van der Waals surface area contributed by atoms with Gasteiger partial charge in [0.1, 0.15) is 5.82 Å². The molecule has 88 valence electrons. The predicted octanol–water partition coefficient (Wildman–Crippen LogP) is 2.08. The number of hydrogen-bond donors (Lipinski definition) is 2. The van der Waals surface area contributed by atoms with Crippen LogP contribution in [0.1, 0.15) is 22.7 Å². The summed E-state index contributed by atoms with van der Waals surface area (Å²) in [4.78, 5) is 4.09. The normalized spacial score (nSPS) is 12.4. The van der Waals surface area contributed by atoms with E-state index in [1.54, 1.807) is 30.6 Å². The summed E-state index contributed by atoms with van der Waals surface area (Å²) in [5.41, 5.74) is 5.00. The van der Waals surface area contributed by atoms with Crippen LogP contribution >= 0.6 is 0 Å². The van der Waals surface area contributed by atoms with Crippen molar-refractivity contribution in [1.29, 1.82) is 0 Å². The van der Waals surface area contributed by atoms with Crippen molar-refractivity contribution in [3.05, 3.63) is 65.2 Å². The third-order valence-electron chi connectivity index (χ3n) is 2.61. The molecular formula is C13H14FN3. The van der Waals surface area contributed by atoms with E-state index in [1.165, 1.54) is 6.07 Å². The topological polar surface area (TPSA) is 50.9 Å². The van der Waals surface area contributed by atoms with E-state index in [9.17, 15) is 4.39 Å². The molecule has 0 amide bonds. The van der Waals surface area contributed by atoms with Crippen molar-refractivity contribution in [3.8, 4) is 0 Å². The number of hydrogen-bond acceptors (Lipinski definition) is 3. The minimum Gasteiger partial charge on any atom is -0.271 e. The Morgan fingerprint density at radius 3 is 2.71 bits per heavy atom. The lowest BCUT2D eigenvalue weighted by atomic mass is 9.99. The monoisotopic (exact) mass is 231 g/mol. The van der Waals surface area contributed by atoms with Gasteiger partial charge in [-0.1, -0.05) is 24.3 Å². The maximum absolute atomic E-state index is 13.7. The number of nitrogens with two attached hydrogens (primary N) is 1. The number of nitrogens with one attached hydrogen (secondary N) is 1. The molecular weight excluding hydrogens is 217 g/mol. The first-order chi connectivity index (χ1) is 8.22. The van der Waals surface area contributed by atoms with Gasteiger partial charge in [-0.2, -0.15) is 0 Å². The lowest BCUT2D eigenvalue weighted by Crippen LogP contribution is -2.29. The molecule has 1 heterocycles. The molecule has 1 aromatic carbocycles. The Kier molecular flexibility index (Phi) is 3.46. The summed E-state index contributed by atoms with van der Waals surface area (Å²) < 4.78 is 13.7. The minimum atomic E-state index is -0.386. The molecule has 0 saturated carbocycles. The van der Waals surface area contributed by atoms with E-state index in [2.05, 4.69) is 10.4 Å². The largest absolute Gasteiger partial charge is 0.271 e. The summed E-state index contributed by atoms with van der Waals surface area (Å²) in [7, 11) is 0. The van der Waals surface area contributed by atoms with Gasteiger partial charge in [-0.05, 0) is 24.1 Å². The van der Waals surface area contributed by atoms with Crippen LogP contribution in [-0.2, 0) is 0 Å². The van der Waals surface area contributed by atoms with Crippen LogP contribution in [-0.4, -0.2) is 4.98 Å². The van der Waals surface area contributed by atoms with Gasteiger partial charge in [-0.15, -0.1) is 0 Å². The molecule has 0 spiro atoms. The molecule has 1 atom stereocenters. The SMILES string of the molecule is Cc1cncc(C(NN)c2ccccc2F)c1. The molecule has 0 aliphatic heterocycles. The van der Waals surface area contributed by atoms with Gasteiger partial charge in [0.25, 0.3) is 0 Å². The molecule has 0 fully saturated rings. The fourth-order valence-corrected chi connectivity index (χ4v) is 1.81. The van der Waals surface area contributed by atoms with Crippen molar-refractivity contribution < 1.29 is 4.39 Å². The predicted molar refractivity (Wildman–Crippen MR) is 64.5 cm³/mol. The zero-order valence-corrected chi connectivity index (χ0v) is 9.52. The number of aromatic nitrogens is 1. The zero-order valence-electron chi connectivity index (χ0n) is 9.52. The lowest BCUT2D eigenvalue weighted by Gasteiger charge is -2.17. The smallest absolute Gasteiger partial charge is 0.128 e. The number of halogens is 1. The van der Waals surface area contributed by atoms with Gasteiger partial charge < -0.3 is 0 Å². The van der Waals surface area contributed by atoms with E-state index in [4.69, 9.17) is 5.84 Å². The third kappa shape index (κ3) is 2.49. The first-order valence-electron chi connectivity index (χ1n) is 5.34. The van der Waals surface area contributed by atoms with Crippen LogP contribution in [0.25, 0.3) is 0 Å². The van der Waals surface area contributed by atoms with Gasteiger partial charge in [-0.3, -0.25) is 10.8 Å². The van der Waals surface area contributed by atoms with Crippen LogP contribution in [0.2, 0.25) is 0 Å². The lowest BCUT2D eigenvalue weighted by molar-refractivity contribution is 0.559. The average molecular weight is 231 g/mol. The van der Waals surface area contributed by atoms with Crippen LogP contribution in [0.4, 0.5) is 4.39 Å². The minimum absolute atomic E-state index is 0.281. The van der Waals surface area contributed by atoms with E-state index in [1.807, 2.05) is 13.0 Å². The van der Waals surface area contributed by atoms with E-state index in [0.29, 0.717) is 5.56 Å². The van der Waals surface area contributed by atoms with Crippen molar-refractivity contribution in [2.75, 3.05) is 0 Å². The Hall–Kier alpha value is -1.78. The van der Waals surface area contributed by atoms with Crippen LogP contribution in [0.3, 0.4) is 0 Å². The Morgan fingerprint density at radius 2 is 2.06 bits per heavy atom. The number of nitrogens with zero attached hydrogens (tertiary/aromatic N) is 1. The summed E-state index contributed by atoms with van der Waals surface area (Å²) in [6.45, 7) is 1.94. The summed E-state index contributed by atoms with van der Waals surface area (Å²) in [5, 5.41) is 0. The highest BCUT2D eigenvalue weighted by Crippen LogP contribution is 2.23. The first kappa shape index (κ1) is 11.7. The standard InChI is InChI=1S/C13H14FN3/c1-9-6-10(8-16-7-9)13(17-15)11-4-2-3-5-12(11)14/h2-8,13,17H,15H2,1H3. The van der Waals surface area contributed by atoms with E-state index in [-0.39, 0.29) is 11.9 Å². The molecule has 4 heteroatoms. The van der Waals surface area contributed by atoms with Gasteiger partial charge in [0.05, 0.1) is 6.04 Å². The van der Waals surface area contributed by atoms with Crippen LogP contribution in [0.15, 0.2) is 42.7 Å². The van der Waals surface area contributed by atoms with Crippen molar-refractivity contribution in [3.63, 3.8) is 0 Å². The number of hydrazine groups is 1. The van der Waals surface area contributed by atoms with Gasteiger partial charge in [-0.25, -0.2) is 9.82 Å². The average Bonchev–Trinajstić information content (AvgIpc) is 2.33. The number of rotatable bonds is 3. The summed E-state index contributed by atoms with van der Waals surface area (Å²) in [6, 6.07) is 8.12. The summed E-state index contributed by atoms with van der Waals surface area (Å²) >= 11 is 0. The Morgan fingerprint density at radius 1 is 1.29 bits per heavy atom. The maximum atomic E-state index is 13.7. The van der Waals surface area contributed by atoms with Crippen LogP contribution < -0.4 is 11.3 Å². The Labute approximate surface area is 99.5 Å².